The van der Waals surface area contributed by atoms with Gasteiger partial charge in [-0.25, -0.2) is 9.78 Å². The minimum Gasteiger partial charge on any atom is -0.483 e. The normalized spacial score (nSPS) is 18.2. The maximum Gasteiger partial charge on any atom is 0.357 e. The number of esters is 1. The number of nitrogens with one attached hydrogen (secondary N) is 1. The van der Waals surface area contributed by atoms with Crippen molar-refractivity contribution in [3.05, 3.63) is 34.5 Å². The van der Waals surface area contributed by atoms with Crippen molar-refractivity contribution in [3.63, 3.8) is 0 Å². The Kier molecular flexibility index (Phi) is 7.02. The maximum absolute atomic E-state index is 13.0. The third-order valence-electron chi connectivity index (χ3n) is 6.21. The highest BCUT2D eigenvalue weighted by Crippen LogP contribution is 2.31. The molecule has 176 valence electrons. The molecule has 2 fully saturated rings. The Morgan fingerprint density at radius 3 is 2.67 bits per heavy atom. The van der Waals surface area contributed by atoms with Crippen LogP contribution in [-0.2, 0) is 14.3 Å². The van der Waals surface area contributed by atoms with E-state index in [1.165, 1.54) is 6.07 Å². The van der Waals surface area contributed by atoms with E-state index in [0.717, 1.165) is 31.2 Å². The number of carbonyl (C=O) groups excluding carboxylic acids is 3. The van der Waals surface area contributed by atoms with Gasteiger partial charge in [-0.05, 0) is 63.6 Å². The highest BCUT2D eigenvalue weighted by molar-refractivity contribution is 6.32. The quantitative estimate of drug-likeness (QED) is 0.619. The first kappa shape index (κ1) is 23.3. The molecule has 8 nitrogen and oxygen atoms in total. The van der Waals surface area contributed by atoms with Crippen molar-refractivity contribution in [2.45, 2.75) is 58.0 Å². The van der Waals surface area contributed by atoms with Gasteiger partial charge in [-0.1, -0.05) is 11.6 Å². The number of ether oxygens (including phenoxy) is 2. The van der Waals surface area contributed by atoms with Crippen LogP contribution in [0.25, 0.3) is 10.9 Å². The lowest BCUT2D eigenvalue weighted by atomic mass is 9.93. The Bertz CT molecular complexity index is 1090. The molecule has 4 rings (SSSR count). The number of aromatic nitrogens is 1. The summed E-state index contributed by atoms with van der Waals surface area (Å²) < 4.78 is 10.9. The van der Waals surface area contributed by atoms with Crippen molar-refractivity contribution in [3.8, 4) is 5.75 Å². The predicted octanol–water partition coefficient (Wildman–Crippen LogP) is 3.41. The summed E-state index contributed by atoms with van der Waals surface area (Å²) in [6.07, 6.45) is 4.53. The fourth-order valence-corrected chi connectivity index (χ4v) is 4.32. The van der Waals surface area contributed by atoms with Crippen LogP contribution in [-0.4, -0.2) is 59.5 Å². The van der Waals surface area contributed by atoms with Crippen LogP contribution in [0.1, 0.15) is 55.1 Å². The average molecular weight is 474 g/mol. The second-order valence-electron chi connectivity index (χ2n) is 8.51. The number of aryl methyl sites for hydroxylation is 1. The number of pyridine rings is 1. The summed E-state index contributed by atoms with van der Waals surface area (Å²) in [5, 5.41) is 4.15. The number of carbonyl (C=O) groups is 3. The molecule has 0 bridgehead atoms. The molecular weight excluding hydrogens is 446 g/mol. The van der Waals surface area contributed by atoms with Crippen LogP contribution in [0.3, 0.4) is 0 Å². The lowest BCUT2D eigenvalue weighted by Crippen LogP contribution is -2.51. The van der Waals surface area contributed by atoms with Crippen LogP contribution < -0.4 is 10.1 Å². The third kappa shape index (κ3) is 5.05. The van der Waals surface area contributed by atoms with Gasteiger partial charge in [-0.15, -0.1) is 0 Å². The summed E-state index contributed by atoms with van der Waals surface area (Å²) >= 11 is 6.30. The van der Waals surface area contributed by atoms with Gasteiger partial charge in [0.15, 0.2) is 12.3 Å². The average Bonchev–Trinajstić information content (AvgIpc) is 3.25. The van der Waals surface area contributed by atoms with Gasteiger partial charge in [0, 0.05) is 29.1 Å². The minimum absolute atomic E-state index is 0.0902. The summed E-state index contributed by atoms with van der Waals surface area (Å²) in [5.74, 6) is -0.627. The minimum atomic E-state index is -0.574. The number of rotatable bonds is 7. The summed E-state index contributed by atoms with van der Waals surface area (Å²) in [7, 11) is 0. The molecule has 1 aromatic heterocycles. The van der Waals surface area contributed by atoms with E-state index in [9.17, 15) is 14.4 Å². The molecule has 0 radical (unpaired) electrons. The maximum atomic E-state index is 13.0. The molecule has 2 heterocycles. The third-order valence-corrected chi connectivity index (χ3v) is 6.62. The van der Waals surface area contributed by atoms with Crippen LogP contribution in [0, 0.1) is 6.92 Å². The largest absolute Gasteiger partial charge is 0.483 e. The number of benzene rings is 1. The molecule has 2 aromatic rings. The standard InChI is InChI=1S/C24H28ClN3O5/c1-3-32-24(31)19-12-21(16-11-17(25)14(2)10-18(16)27-19)33-13-22(29)28-9-5-8-20(28)23(30)26-15-6-4-7-15/h10-12,15,20H,3-9,13H2,1-2H3,(H,26,30). The topological polar surface area (TPSA) is 97.8 Å². The Hall–Kier alpha value is -2.87. The monoisotopic (exact) mass is 473 g/mol. The Morgan fingerprint density at radius 2 is 1.97 bits per heavy atom. The molecule has 9 heteroatoms. The molecule has 2 aliphatic rings. The molecule has 1 saturated carbocycles. The Labute approximate surface area is 197 Å². The molecule has 1 aromatic carbocycles. The predicted molar refractivity (Wildman–Crippen MR) is 123 cm³/mol. The SMILES string of the molecule is CCOC(=O)c1cc(OCC(=O)N2CCCC2C(=O)NC2CCC2)c2cc(Cl)c(C)cc2n1. The molecule has 1 aliphatic heterocycles. The first-order valence-corrected chi connectivity index (χ1v) is 11.8. The number of hydrogen-bond donors (Lipinski definition) is 1. The second kappa shape index (κ2) is 9.95. The van der Waals surface area contributed by atoms with Crippen molar-refractivity contribution in [2.24, 2.45) is 0 Å². The fraction of sp³-hybridized carbons (Fsp3) is 0.500. The summed E-state index contributed by atoms with van der Waals surface area (Å²) in [4.78, 5) is 43.9. The van der Waals surface area contributed by atoms with E-state index in [1.54, 1.807) is 24.0 Å². The zero-order chi connectivity index (χ0) is 23.5. The van der Waals surface area contributed by atoms with Gasteiger partial charge in [0.25, 0.3) is 5.91 Å². The molecular formula is C24H28ClN3O5. The van der Waals surface area contributed by atoms with Gasteiger partial charge in [-0.2, -0.15) is 0 Å². The van der Waals surface area contributed by atoms with E-state index >= 15 is 0 Å². The Morgan fingerprint density at radius 1 is 1.18 bits per heavy atom. The first-order valence-electron chi connectivity index (χ1n) is 11.4. The lowest BCUT2D eigenvalue weighted by molar-refractivity contribution is -0.140. The van der Waals surface area contributed by atoms with Crippen LogP contribution in [0.5, 0.6) is 5.75 Å². The van der Waals surface area contributed by atoms with Crippen LogP contribution >= 0.6 is 11.6 Å². The number of halogens is 1. The number of fused-ring (bicyclic) bond motifs is 1. The van der Waals surface area contributed by atoms with E-state index in [1.807, 2.05) is 6.92 Å². The van der Waals surface area contributed by atoms with Crippen molar-refractivity contribution in [1.82, 2.24) is 15.2 Å². The van der Waals surface area contributed by atoms with Crippen LogP contribution in [0.2, 0.25) is 5.02 Å². The van der Waals surface area contributed by atoms with Crippen molar-refractivity contribution >= 4 is 40.3 Å². The van der Waals surface area contributed by atoms with Gasteiger partial charge in [0.05, 0.1) is 12.1 Å². The van der Waals surface area contributed by atoms with E-state index in [4.69, 9.17) is 21.1 Å². The zero-order valence-corrected chi connectivity index (χ0v) is 19.6. The molecule has 2 amide bonds. The van der Waals surface area contributed by atoms with Gasteiger partial charge in [0.2, 0.25) is 5.91 Å². The van der Waals surface area contributed by atoms with Crippen LogP contribution in [0.15, 0.2) is 18.2 Å². The number of amides is 2. The highest BCUT2D eigenvalue weighted by atomic mass is 35.5. The smallest absolute Gasteiger partial charge is 0.357 e. The van der Waals surface area contributed by atoms with Crippen molar-refractivity contribution in [1.29, 1.82) is 0 Å². The second-order valence-corrected chi connectivity index (χ2v) is 8.92. The molecule has 0 spiro atoms. The zero-order valence-electron chi connectivity index (χ0n) is 18.9. The van der Waals surface area contributed by atoms with Crippen molar-refractivity contribution < 1.29 is 23.9 Å². The summed E-state index contributed by atoms with van der Waals surface area (Å²) in [5.41, 5.74) is 1.41. The van der Waals surface area contributed by atoms with Crippen LogP contribution in [0.4, 0.5) is 0 Å². The van der Waals surface area contributed by atoms with Gasteiger partial charge in [0.1, 0.15) is 11.8 Å². The van der Waals surface area contributed by atoms with Gasteiger partial charge < -0.3 is 19.7 Å². The number of hydrogen-bond acceptors (Lipinski definition) is 6. The molecule has 1 unspecified atom stereocenters. The molecule has 1 saturated heterocycles. The van der Waals surface area contributed by atoms with E-state index in [2.05, 4.69) is 10.3 Å². The highest BCUT2D eigenvalue weighted by Gasteiger charge is 2.35. The van der Waals surface area contributed by atoms with Gasteiger partial charge >= 0.3 is 5.97 Å². The van der Waals surface area contributed by atoms with E-state index < -0.39 is 12.0 Å². The summed E-state index contributed by atoms with van der Waals surface area (Å²) in [6, 6.07) is 4.69. The van der Waals surface area contributed by atoms with Crippen molar-refractivity contribution in [2.75, 3.05) is 19.8 Å². The Balaban J connectivity index is 1.52. The van der Waals surface area contributed by atoms with Gasteiger partial charge in [-0.3, -0.25) is 9.59 Å². The lowest BCUT2D eigenvalue weighted by Gasteiger charge is -2.30. The fourth-order valence-electron chi connectivity index (χ4n) is 4.16. The molecule has 1 N–H and O–H groups in total. The number of likely N-dealkylation sites (tertiary alicyclic amines) is 1. The molecule has 33 heavy (non-hydrogen) atoms. The molecule has 1 atom stereocenters. The molecule has 1 aliphatic carbocycles. The van der Waals surface area contributed by atoms with E-state index in [0.29, 0.717) is 34.6 Å². The first-order chi connectivity index (χ1) is 15.9. The van der Waals surface area contributed by atoms with E-state index in [-0.39, 0.29) is 36.8 Å². The number of nitrogens with zero attached hydrogens (tertiary/aromatic N) is 2. The summed E-state index contributed by atoms with van der Waals surface area (Å²) in [6.45, 7) is 4.02.